The number of piperidine rings is 1. The van der Waals surface area contributed by atoms with Gasteiger partial charge in [0.2, 0.25) is 11.8 Å². The van der Waals surface area contributed by atoms with Crippen molar-refractivity contribution in [3.05, 3.63) is 34.9 Å². The molecule has 3 aliphatic rings. The van der Waals surface area contributed by atoms with Crippen LogP contribution in [0.15, 0.2) is 18.2 Å². The highest BCUT2D eigenvalue weighted by atomic mass is 16.3. The Morgan fingerprint density at radius 3 is 2.66 bits per heavy atom. The first kappa shape index (κ1) is 20.0. The molecule has 3 heterocycles. The van der Waals surface area contributed by atoms with Gasteiger partial charge in [-0.05, 0) is 37.5 Å². The molecule has 2 saturated heterocycles. The normalized spacial score (nSPS) is 23.6. The van der Waals surface area contributed by atoms with Gasteiger partial charge in [-0.15, -0.1) is 0 Å². The number of aliphatic hydroxyl groups is 1. The van der Waals surface area contributed by atoms with E-state index in [4.69, 9.17) is 0 Å². The molecule has 0 spiro atoms. The molecule has 3 aliphatic heterocycles. The minimum absolute atomic E-state index is 0.160. The zero-order valence-electron chi connectivity index (χ0n) is 16.9. The maximum absolute atomic E-state index is 12.9. The van der Waals surface area contributed by atoms with E-state index in [-0.39, 0.29) is 23.7 Å². The lowest BCUT2D eigenvalue weighted by Gasteiger charge is -2.51. The van der Waals surface area contributed by atoms with Gasteiger partial charge in [-0.1, -0.05) is 12.1 Å². The standard InChI is InChI=1S/C21H28N4O4/c1-20(2,29)21(11-23-12-21)10-22-8-13-3-4-14-9-25(19(28)15(14)7-13)16-5-6-17(26)24-18(16)27/h3-4,7,16,22-23,29H,5-6,8-12H2,1-2H3,(H,24,26,27). The molecular weight excluding hydrogens is 372 g/mol. The Balaban J connectivity index is 1.40. The van der Waals surface area contributed by atoms with E-state index in [0.29, 0.717) is 31.6 Å². The van der Waals surface area contributed by atoms with Crippen molar-refractivity contribution in [2.75, 3.05) is 19.6 Å². The summed E-state index contributed by atoms with van der Waals surface area (Å²) < 4.78 is 0. The SMILES string of the molecule is CC(C)(O)C1(CNCc2ccc3c(c2)C(=O)N(C2CCC(=O)NC2=O)C3)CNC1. The van der Waals surface area contributed by atoms with Crippen molar-refractivity contribution in [2.24, 2.45) is 5.41 Å². The highest BCUT2D eigenvalue weighted by Crippen LogP contribution is 2.35. The fraction of sp³-hybridized carbons (Fsp3) is 0.571. The summed E-state index contributed by atoms with van der Waals surface area (Å²) >= 11 is 0. The van der Waals surface area contributed by atoms with Crippen molar-refractivity contribution in [2.45, 2.75) is 51.4 Å². The van der Waals surface area contributed by atoms with Crippen molar-refractivity contribution in [3.8, 4) is 0 Å². The van der Waals surface area contributed by atoms with E-state index in [1.54, 1.807) is 4.90 Å². The molecule has 1 unspecified atom stereocenters. The molecule has 4 rings (SSSR count). The van der Waals surface area contributed by atoms with Crippen molar-refractivity contribution < 1.29 is 19.5 Å². The lowest BCUT2D eigenvalue weighted by molar-refractivity contribution is -0.136. The van der Waals surface area contributed by atoms with Gasteiger partial charge in [0.15, 0.2) is 0 Å². The number of hydrogen-bond acceptors (Lipinski definition) is 6. The molecule has 8 heteroatoms. The molecule has 0 saturated carbocycles. The van der Waals surface area contributed by atoms with Gasteiger partial charge in [-0.3, -0.25) is 19.7 Å². The second-order valence-electron chi connectivity index (χ2n) is 8.94. The molecule has 0 aliphatic carbocycles. The quantitative estimate of drug-likeness (QED) is 0.496. The van der Waals surface area contributed by atoms with E-state index in [0.717, 1.165) is 24.2 Å². The lowest BCUT2D eigenvalue weighted by atomic mass is 9.69. The van der Waals surface area contributed by atoms with Gasteiger partial charge >= 0.3 is 0 Å². The summed E-state index contributed by atoms with van der Waals surface area (Å²) in [5, 5.41) is 19.4. The summed E-state index contributed by atoms with van der Waals surface area (Å²) in [5.41, 5.74) is 1.54. The first-order chi connectivity index (χ1) is 13.7. The zero-order chi connectivity index (χ0) is 20.8. The molecule has 8 nitrogen and oxygen atoms in total. The molecule has 4 N–H and O–H groups in total. The second-order valence-corrected chi connectivity index (χ2v) is 8.94. The van der Waals surface area contributed by atoms with Crippen molar-refractivity contribution in [1.82, 2.24) is 20.9 Å². The Hall–Kier alpha value is -2.29. The monoisotopic (exact) mass is 400 g/mol. The second kappa shape index (κ2) is 7.19. The van der Waals surface area contributed by atoms with Crippen LogP contribution in [-0.4, -0.2) is 59.0 Å². The third-order valence-electron chi connectivity index (χ3n) is 6.61. The maximum Gasteiger partial charge on any atom is 0.255 e. The minimum Gasteiger partial charge on any atom is -0.390 e. The summed E-state index contributed by atoms with van der Waals surface area (Å²) in [6.07, 6.45) is 0.620. The fourth-order valence-corrected chi connectivity index (χ4v) is 4.36. The van der Waals surface area contributed by atoms with Crippen LogP contribution in [-0.2, 0) is 22.7 Å². The first-order valence-electron chi connectivity index (χ1n) is 10.1. The third kappa shape index (κ3) is 3.56. The van der Waals surface area contributed by atoms with Crippen molar-refractivity contribution in [3.63, 3.8) is 0 Å². The minimum atomic E-state index is -0.776. The topological polar surface area (TPSA) is 111 Å². The van der Waals surface area contributed by atoms with Crippen LogP contribution in [0.4, 0.5) is 0 Å². The Labute approximate surface area is 170 Å². The molecule has 1 atom stereocenters. The molecule has 156 valence electrons. The number of rotatable bonds is 6. The predicted molar refractivity (Wildman–Crippen MR) is 106 cm³/mol. The predicted octanol–water partition coefficient (Wildman–Crippen LogP) is -0.102. The first-order valence-corrected chi connectivity index (χ1v) is 10.1. The third-order valence-corrected chi connectivity index (χ3v) is 6.61. The van der Waals surface area contributed by atoms with Crippen LogP contribution < -0.4 is 16.0 Å². The van der Waals surface area contributed by atoms with Crippen LogP contribution >= 0.6 is 0 Å². The smallest absolute Gasteiger partial charge is 0.255 e. The molecule has 1 aromatic carbocycles. The highest BCUT2D eigenvalue weighted by molar-refractivity contribution is 6.05. The molecule has 0 radical (unpaired) electrons. The highest BCUT2D eigenvalue weighted by Gasteiger charge is 2.48. The van der Waals surface area contributed by atoms with Gasteiger partial charge in [-0.2, -0.15) is 0 Å². The number of nitrogens with one attached hydrogen (secondary N) is 3. The summed E-state index contributed by atoms with van der Waals surface area (Å²) in [4.78, 5) is 38.0. The van der Waals surface area contributed by atoms with Crippen LogP contribution in [0.5, 0.6) is 0 Å². The van der Waals surface area contributed by atoms with Crippen LogP contribution in [0.1, 0.15) is 48.2 Å². The number of carbonyl (C=O) groups is 3. The van der Waals surface area contributed by atoms with E-state index >= 15 is 0 Å². The summed E-state index contributed by atoms with van der Waals surface area (Å²) in [6, 6.07) is 5.22. The average Bonchev–Trinajstić information content (AvgIpc) is 2.92. The van der Waals surface area contributed by atoms with E-state index in [1.165, 1.54) is 0 Å². The summed E-state index contributed by atoms with van der Waals surface area (Å²) in [7, 11) is 0. The zero-order valence-corrected chi connectivity index (χ0v) is 16.9. The van der Waals surface area contributed by atoms with E-state index in [2.05, 4.69) is 16.0 Å². The Bertz CT molecular complexity index is 857. The van der Waals surface area contributed by atoms with Gasteiger partial charge in [-0.25, -0.2) is 0 Å². The van der Waals surface area contributed by atoms with E-state index < -0.39 is 17.6 Å². The molecule has 2 fully saturated rings. The number of fused-ring (bicyclic) bond motifs is 1. The lowest BCUT2D eigenvalue weighted by Crippen LogP contribution is -2.67. The number of hydrogen-bond donors (Lipinski definition) is 4. The summed E-state index contributed by atoms with van der Waals surface area (Å²) in [6.45, 7) is 6.88. The number of imide groups is 1. The Morgan fingerprint density at radius 1 is 1.28 bits per heavy atom. The molecule has 0 bridgehead atoms. The van der Waals surface area contributed by atoms with Crippen LogP contribution in [0.2, 0.25) is 0 Å². The molecule has 29 heavy (non-hydrogen) atoms. The number of amides is 3. The van der Waals surface area contributed by atoms with Crippen LogP contribution in [0.3, 0.4) is 0 Å². The van der Waals surface area contributed by atoms with E-state index in [1.807, 2.05) is 32.0 Å². The largest absolute Gasteiger partial charge is 0.390 e. The van der Waals surface area contributed by atoms with Gasteiger partial charge in [0, 0.05) is 50.1 Å². The average molecular weight is 400 g/mol. The maximum atomic E-state index is 12.9. The van der Waals surface area contributed by atoms with Crippen LogP contribution in [0.25, 0.3) is 0 Å². The Kier molecular flexibility index (Phi) is 4.96. The van der Waals surface area contributed by atoms with E-state index in [9.17, 15) is 19.5 Å². The van der Waals surface area contributed by atoms with Crippen molar-refractivity contribution >= 4 is 17.7 Å². The molecule has 1 aromatic rings. The summed E-state index contributed by atoms with van der Waals surface area (Å²) in [5.74, 6) is -0.836. The fourth-order valence-electron chi connectivity index (χ4n) is 4.36. The number of carbonyl (C=O) groups excluding carboxylic acids is 3. The molecule has 3 amide bonds. The number of nitrogens with zero attached hydrogens (tertiary/aromatic N) is 1. The number of benzene rings is 1. The molecular formula is C21H28N4O4. The van der Waals surface area contributed by atoms with Crippen LogP contribution in [0, 0.1) is 5.41 Å². The molecule has 0 aromatic heterocycles. The van der Waals surface area contributed by atoms with Gasteiger partial charge in [0.25, 0.3) is 5.91 Å². The van der Waals surface area contributed by atoms with Gasteiger partial charge in [0.05, 0.1) is 5.60 Å². The van der Waals surface area contributed by atoms with Crippen molar-refractivity contribution in [1.29, 1.82) is 0 Å². The van der Waals surface area contributed by atoms with Gasteiger partial charge in [0.1, 0.15) is 6.04 Å². The Morgan fingerprint density at radius 2 is 2.03 bits per heavy atom. The van der Waals surface area contributed by atoms with Gasteiger partial charge < -0.3 is 20.6 Å².